The minimum atomic E-state index is -0.643. The zero-order valence-electron chi connectivity index (χ0n) is 13.7. The summed E-state index contributed by atoms with van der Waals surface area (Å²) >= 11 is 0. The standard InChI is InChI=1S/C16H18F2N4O3/c1-19-9-15(24)22(16(19)25)10-14(23)21-6-4-20(5-7-21)13-3-2-11(17)8-12(13)18/h2-3,8H,4-7,9-10H2,1H3. The van der Waals surface area contributed by atoms with Gasteiger partial charge in [0.2, 0.25) is 5.91 Å². The molecule has 134 valence electrons. The Kier molecular flexibility index (Phi) is 4.56. The van der Waals surface area contributed by atoms with Crippen LogP contribution in [-0.4, -0.2) is 78.9 Å². The van der Waals surface area contributed by atoms with Gasteiger partial charge in [-0.1, -0.05) is 0 Å². The maximum absolute atomic E-state index is 13.8. The summed E-state index contributed by atoms with van der Waals surface area (Å²) in [5.41, 5.74) is 0.292. The van der Waals surface area contributed by atoms with Crippen molar-refractivity contribution in [2.24, 2.45) is 0 Å². The molecule has 0 atom stereocenters. The van der Waals surface area contributed by atoms with Gasteiger partial charge < -0.3 is 14.7 Å². The van der Waals surface area contributed by atoms with E-state index in [2.05, 4.69) is 0 Å². The monoisotopic (exact) mass is 352 g/mol. The lowest BCUT2D eigenvalue weighted by molar-refractivity contribution is -0.136. The average molecular weight is 352 g/mol. The van der Waals surface area contributed by atoms with Crippen LogP contribution in [0.25, 0.3) is 0 Å². The number of benzene rings is 1. The first-order valence-corrected chi connectivity index (χ1v) is 7.90. The Hall–Kier alpha value is -2.71. The van der Waals surface area contributed by atoms with E-state index < -0.39 is 23.6 Å². The van der Waals surface area contributed by atoms with E-state index in [1.807, 2.05) is 0 Å². The number of urea groups is 1. The van der Waals surface area contributed by atoms with E-state index in [0.29, 0.717) is 31.9 Å². The predicted molar refractivity (Wildman–Crippen MR) is 84.9 cm³/mol. The quantitative estimate of drug-likeness (QED) is 0.744. The second-order valence-electron chi connectivity index (χ2n) is 6.08. The van der Waals surface area contributed by atoms with Crippen LogP contribution in [0, 0.1) is 11.6 Å². The number of rotatable bonds is 3. The van der Waals surface area contributed by atoms with Gasteiger partial charge in [-0.15, -0.1) is 0 Å². The van der Waals surface area contributed by atoms with Crippen LogP contribution in [0.1, 0.15) is 0 Å². The number of imide groups is 1. The molecule has 0 bridgehead atoms. The Bertz CT molecular complexity index is 719. The minimum Gasteiger partial charge on any atom is -0.366 e. The first-order valence-electron chi connectivity index (χ1n) is 7.90. The van der Waals surface area contributed by atoms with Gasteiger partial charge >= 0.3 is 6.03 Å². The van der Waals surface area contributed by atoms with Crippen LogP contribution < -0.4 is 4.90 Å². The molecule has 4 amide bonds. The zero-order chi connectivity index (χ0) is 18.1. The molecule has 25 heavy (non-hydrogen) atoms. The molecule has 2 saturated heterocycles. The molecule has 0 spiro atoms. The number of nitrogens with zero attached hydrogens (tertiary/aromatic N) is 4. The molecule has 0 saturated carbocycles. The van der Waals surface area contributed by atoms with Crippen molar-refractivity contribution in [3.63, 3.8) is 0 Å². The van der Waals surface area contributed by atoms with E-state index in [-0.39, 0.29) is 19.0 Å². The summed E-state index contributed by atoms with van der Waals surface area (Å²) in [6.07, 6.45) is 0. The van der Waals surface area contributed by atoms with Crippen molar-refractivity contribution in [2.45, 2.75) is 0 Å². The van der Waals surface area contributed by atoms with E-state index in [4.69, 9.17) is 0 Å². The van der Waals surface area contributed by atoms with Gasteiger partial charge in [-0.25, -0.2) is 13.6 Å². The Morgan fingerprint density at radius 1 is 1.12 bits per heavy atom. The first-order chi connectivity index (χ1) is 11.9. The highest BCUT2D eigenvalue weighted by atomic mass is 19.1. The third kappa shape index (κ3) is 3.40. The van der Waals surface area contributed by atoms with E-state index in [1.54, 1.807) is 4.90 Å². The number of hydrogen-bond acceptors (Lipinski definition) is 4. The van der Waals surface area contributed by atoms with Crippen LogP contribution in [0.5, 0.6) is 0 Å². The minimum absolute atomic E-state index is 0.0241. The maximum atomic E-state index is 13.8. The second-order valence-corrected chi connectivity index (χ2v) is 6.08. The van der Waals surface area contributed by atoms with E-state index in [1.165, 1.54) is 29.0 Å². The van der Waals surface area contributed by atoms with Gasteiger partial charge in [0.1, 0.15) is 24.7 Å². The number of piperazine rings is 1. The van der Waals surface area contributed by atoms with Gasteiger partial charge in [-0.05, 0) is 12.1 Å². The molecule has 2 heterocycles. The van der Waals surface area contributed by atoms with Crippen molar-refractivity contribution in [1.82, 2.24) is 14.7 Å². The molecule has 1 aromatic rings. The van der Waals surface area contributed by atoms with Gasteiger partial charge in [-0.3, -0.25) is 14.5 Å². The lowest BCUT2D eigenvalue weighted by atomic mass is 10.2. The SMILES string of the molecule is CN1CC(=O)N(CC(=O)N2CCN(c3ccc(F)cc3F)CC2)C1=O. The fourth-order valence-corrected chi connectivity index (χ4v) is 2.99. The van der Waals surface area contributed by atoms with Gasteiger partial charge in [-0.2, -0.15) is 0 Å². The van der Waals surface area contributed by atoms with Crippen molar-refractivity contribution in [1.29, 1.82) is 0 Å². The number of anilines is 1. The fraction of sp³-hybridized carbons (Fsp3) is 0.438. The molecule has 0 radical (unpaired) electrons. The molecule has 0 N–H and O–H groups in total. The van der Waals surface area contributed by atoms with Crippen LogP contribution in [0.2, 0.25) is 0 Å². The number of halogens is 2. The lowest BCUT2D eigenvalue weighted by Gasteiger charge is -2.36. The van der Waals surface area contributed by atoms with Crippen LogP contribution >= 0.6 is 0 Å². The highest BCUT2D eigenvalue weighted by Gasteiger charge is 2.36. The molecule has 1 aromatic carbocycles. The number of carbonyl (C=O) groups excluding carboxylic acids is 3. The van der Waals surface area contributed by atoms with E-state index >= 15 is 0 Å². The summed E-state index contributed by atoms with van der Waals surface area (Å²) in [5, 5.41) is 0. The molecule has 2 aliphatic rings. The van der Waals surface area contributed by atoms with Gasteiger partial charge in [0.15, 0.2) is 0 Å². The summed E-state index contributed by atoms with van der Waals surface area (Å²) < 4.78 is 26.8. The Balaban J connectivity index is 1.58. The molecule has 3 rings (SSSR count). The number of hydrogen-bond donors (Lipinski definition) is 0. The molecule has 9 heteroatoms. The summed E-state index contributed by atoms with van der Waals surface area (Å²) in [6.45, 7) is 1.13. The predicted octanol–water partition coefficient (Wildman–Crippen LogP) is 0.507. The zero-order valence-corrected chi connectivity index (χ0v) is 13.7. The number of amides is 4. The highest BCUT2D eigenvalue weighted by molar-refractivity contribution is 6.04. The van der Waals surface area contributed by atoms with Crippen LogP contribution in [-0.2, 0) is 9.59 Å². The van der Waals surface area contributed by atoms with E-state index in [0.717, 1.165) is 11.0 Å². The summed E-state index contributed by atoms with van der Waals surface area (Å²) in [7, 11) is 1.50. The Morgan fingerprint density at radius 2 is 1.80 bits per heavy atom. The van der Waals surface area contributed by atoms with Crippen LogP contribution in [0.3, 0.4) is 0 Å². The van der Waals surface area contributed by atoms with E-state index in [9.17, 15) is 23.2 Å². The van der Waals surface area contributed by atoms with Crippen molar-refractivity contribution < 1.29 is 23.2 Å². The second kappa shape index (κ2) is 6.66. The largest absolute Gasteiger partial charge is 0.366 e. The Morgan fingerprint density at radius 3 is 2.36 bits per heavy atom. The smallest absolute Gasteiger partial charge is 0.327 e. The van der Waals surface area contributed by atoms with Crippen molar-refractivity contribution in [2.75, 3.05) is 51.2 Å². The maximum Gasteiger partial charge on any atom is 0.327 e. The molecule has 2 fully saturated rings. The molecule has 0 aliphatic carbocycles. The third-order valence-corrected chi connectivity index (χ3v) is 4.41. The van der Waals surface area contributed by atoms with Gasteiger partial charge in [0.05, 0.1) is 5.69 Å². The van der Waals surface area contributed by atoms with Crippen molar-refractivity contribution in [3.8, 4) is 0 Å². The lowest BCUT2D eigenvalue weighted by Crippen LogP contribution is -2.52. The van der Waals surface area contributed by atoms with Crippen molar-refractivity contribution in [3.05, 3.63) is 29.8 Å². The molecular weight excluding hydrogens is 334 g/mol. The number of carbonyl (C=O) groups is 3. The van der Waals surface area contributed by atoms with Crippen LogP contribution in [0.4, 0.5) is 19.3 Å². The van der Waals surface area contributed by atoms with Crippen LogP contribution in [0.15, 0.2) is 18.2 Å². The number of likely N-dealkylation sites (N-methyl/N-ethyl adjacent to an activating group) is 1. The first kappa shape index (κ1) is 17.1. The van der Waals surface area contributed by atoms with Crippen molar-refractivity contribution >= 4 is 23.5 Å². The fourth-order valence-electron chi connectivity index (χ4n) is 2.99. The molecule has 2 aliphatic heterocycles. The molecular formula is C16H18F2N4O3. The highest BCUT2D eigenvalue weighted by Crippen LogP contribution is 2.21. The summed E-state index contributed by atoms with van der Waals surface area (Å²) in [6, 6.07) is 2.91. The third-order valence-electron chi connectivity index (χ3n) is 4.41. The normalized spacial score (nSPS) is 18.4. The summed E-state index contributed by atoms with van der Waals surface area (Å²) in [5.74, 6) is -2.00. The molecule has 0 unspecified atom stereocenters. The topological polar surface area (TPSA) is 64.2 Å². The molecule has 0 aromatic heterocycles. The van der Waals surface area contributed by atoms with Gasteiger partial charge in [0, 0.05) is 39.3 Å². The Labute approximate surface area is 143 Å². The molecule has 7 nitrogen and oxygen atoms in total. The average Bonchev–Trinajstić information content (AvgIpc) is 2.81. The van der Waals surface area contributed by atoms with Gasteiger partial charge in [0.25, 0.3) is 5.91 Å². The summed E-state index contributed by atoms with van der Waals surface area (Å²) in [4.78, 5) is 41.3.